The summed E-state index contributed by atoms with van der Waals surface area (Å²) in [6.07, 6.45) is 3.42. The molecule has 2 nitrogen and oxygen atoms in total. The number of aromatic nitrogens is 2. The van der Waals surface area contributed by atoms with E-state index in [1.807, 2.05) is 13.0 Å². The summed E-state index contributed by atoms with van der Waals surface area (Å²) in [6, 6.07) is 5.70. The molecule has 0 N–H and O–H groups in total. The van der Waals surface area contributed by atoms with E-state index >= 15 is 0 Å². The van der Waals surface area contributed by atoms with Crippen LogP contribution in [-0.4, -0.2) is 9.38 Å². The fourth-order valence-electron chi connectivity index (χ4n) is 2.09. The average Bonchev–Trinajstić information content (AvgIpc) is 2.72. The van der Waals surface area contributed by atoms with Crippen LogP contribution in [0.1, 0.15) is 5.56 Å². The van der Waals surface area contributed by atoms with Crippen LogP contribution in [0.5, 0.6) is 0 Å². The zero-order valence-corrected chi connectivity index (χ0v) is 11.6. The lowest BCUT2D eigenvalue weighted by molar-refractivity contribution is 0.589. The molecule has 96 valence electrons. The fourth-order valence-corrected chi connectivity index (χ4v) is 2.65. The maximum absolute atomic E-state index is 13.7. The first-order valence-corrected chi connectivity index (χ1v) is 6.45. The van der Waals surface area contributed by atoms with E-state index < -0.39 is 11.6 Å². The molecule has 1 aromatic carbocycles. The minimum Gasteiger partial charge on any atom is -0.305 e. The third-order valence-corrected chi connectivity index (χ3v) is 3.35. The van der Waals surface area contributed by atoms with Crippen molar-refractivity contribution in [3.05, 3.63) is 58.3 Å². The van der Waals surface area contributed by atoms with Crippen LogP contribution in [0.4, 0.5) is 8.78 Å². The lowest BCUT2D eigenvalue weighted by Crippen LogP contribution is -1.89. The molecule has 19 heavy (non-hydrogen) atoms. The normalized spacial score (nSPS) is 11.2. The van der Waals surface area contributed by atoms with Crippen LogP contribution in [0.15, 0.2) is 41.1 Å². The second kappa shape index (κ2) is 4.42. The van der Waals surface area contributed by atoms with Crippen molar-refractivity contribution >= 4 is 21.6 Å². The molecule has 3 aromatic rings. The largest absolute Gasteiger partial charge is 0.305 e. The number of fused-ring (bicyclic) bond motifs is 1. The summed E-state index contributed by atoms with van der Waals surface area (Å²) in [5.74, 6) is -1.22. The van der Waals surface area contributed by atoms with Crippen molar-refractivity contribution in [1.82, 2.24) is 9.38 Å². The van der Waals surface area contributed by atoms with E-state index in [0.717, 1.165) is 10.0 Å². The molecule has 0 radical (unpaired) electrons. The van der Waals surface area contributed by atoms with Crippen LogP contribution in [0.25, 0.3) is 16.9 Å². The molecule has 0 unspecified atom stereocenters. The zero-order valence-electron chi connectivity index (χ0n) is 9.99. The van der Waals surface area contributed by atoms with Crippen LogP contribution in [0.3, 0.4) is 0 Å². The van der Waals surface area contributed by atoms with Gasteiger partial charge < -0.3 is 4.40 Å². The molecule has 3 rings (SSSR count). The van der Waals surface area contributed by atoms with Crippen molar-refractivity contribution in [3.8, 4) is 11.3 Å². The van der Waals surface area contributed by atoms with Crippen LogP contribution in [0.2, 0.25) is 0 Å². The van der Waals surface area contributed by atoms with E-state index in [9.17, 15) is 8.78 Å². The molecular weight excluding hydrogens is 314 g/mol. The van der Waals surface area contributed by atoms with Gasteiger partial charge in [-0.25, -0.2) is 13.8 Å². The molecule has 5 heteroatoms. The molecule has 0 aliphatic carbocycles. The van der Waals surface area contributed by atoms with Crippen molar-refractivity contribution in [2.75, 3.05) is 0 Å². The highest BCUT2D eigenvalue weighted by molar-refractivity contribution is 9.10. The Morgan fingerprint density at radius 3 is 2.53 bits per heavy atom. The molecular formula is C14H9BrF2N2. The summed E-state index contributed by atoms with van der Waals surface area (Å²) < 4.78 is 30.1. The van der Waals surface area contributed by atoms with Crippen LogP contribution < -0.4 is 0 Å². The van der Waals surface area contributed by atoms with Gasteiger partial charge in [-0.05, 0) is 46.6 Å². The van der Waals surface area contributed by atoms with Gasteiger partial charge in [-0.15, -0.1) is 0 Å². The predicted octanol–water partition coefficient (Wildman–Crippen LogP) is 4.35. The van der Waals surface area contributed by atoms with E-state index in [1.165, 1.54) is 18.2 Å². The van der Waals surface area contributed by atoms with E-state index in [-0.39, 0.29) is 11.3 Å². The van der Waals surface area contributed by atoms with Gasteiger partial charge in [0.15, 0.2) is 0 Å². The van der Waals surface area contributed by atoms with Gasteiger partial charge in [0, 0.05) is 16.9 Å². The molecule has 0 amide bonds. The Labute approximate surface area is 116 Å². The fraction of sp³-hybridized carbons (Fsp3) is 0.0714. The predicted molar refractivity (Wildman–Crippen MR) is 73.0 cm³/mol. The molecule has 0 saturated carbocycles. The van der Waals surface area contributed by atoms with Crippen molar-refractivity contribution < 1.29 is 8.78 Å². The molecule has 2 aromatic heterocycles. The Morgan fingerprint density at radius 1 is 1.16 bits per heavy atom. The lowest BCUT2D eigenvalue weighted by Gasteiger charge is -1.99. The second-order valence-electron chi connectivity index (χ2n) is 4.30. The summed E-state index contributed by atoms with van der Waals surface area (Å²) in [7, 11) is 0. The average molecular weight is 323 g/mol. The van der Waals surface area contributed by atoms with Gasteiger partial charge in [-0.1, -0.05) is 6.07 Å². The molecule has 0 bridgehead atoms. The summed E-state index contributed by atoms with van der Waals surface area (Å²) in [5.41, 5.74) is 1.80. The summed E-state index contributed by atoms with van der Waals surface area (Å²) in [6.45, 7) is 1.90. The zero-order chi connectivity index (χ0) is 13.6. The number of imidazole rings is 1. The SMILES string of the molecule is Cc1cc(Br)cn2cc(-c3c(F)cccc3F)nc12. The summed E-state index contributed by atoms with van der Waals surface area (Å²) in [5, 5.41) is 0. The summed E-state index contributed by atoms with van der Waals surface area (Å²) in [4.78, 5) is 4.31. The quantitative estimate of drug-likeness (QED) is 0.651. The van der Waals surface area contributed by atoms with Gasteiger partial charge in [-0.3, -0.25) is 0 Å². The van der Waals surface area contributed by atoms with Crippen molar-refractivity contribution in [3.63, 3.8) is 0 Å². The first-order valence-electron chi connectivity index (χ1n) is 5.65. The topological polar surface area (TPSA) is 17.3 Å². The first-order chi connectivity index (χ1) is 9.06. The molecule has 0 saturated heterocycles. The van der Waals surface area contributed by atoms with Gasteiger partial charge in [0.2, 0.25) is 0 Å². The maximum atomic E-state index is 13.7. The third-order valence-electron chi connectivity index (χ3n) is 2.92. The van der Waals surface area contributed by atoms with Gasteiger partial charge >= 0.3 is 0 Å². The maximum Gasteiger partial charge on any atom is 0.140 e. The van der Waals surface area contributed by atoms with Crippen molar-refractivity contribution in [1.29, 1.82) is 0 Å². The number of hydrogen-bond donors (Lipinski definition) is 0. The van der Waals surface area contributed by atoms with Gasteiger partial charge in [-0.2, -0.15) is 0 Å². The number of aryl methyl sites for hydroxylation is 1. The minimum absolute atomic E-state index is 0.0956. The Balaban J connectivity index is 2.30. The number of rotatable bonds is 1. The molecule has 0 aliphatic rings. The minimum atomic E-state index is -0.611. The van der Waals surface area contributed by atoms with Crippen LogP contribution in [-0.2, 0) is 0 Å². The molecule has 0 atom stereocenters. The molecule has 0 spiro atoms. The van der Waals surface area contributed by atoms with Crippen molar-refractivity contribution in [2.45, 2.75) is 6.92 Å². The van der Waals surface area contributed by atoms with Crippen molar-refractivity contribution in [2.24, 2.45) is 0 Å². The Hall–Kier alpha value is -1.75. The standard InChI is InChI=1S/C14H9BrF2N2/c1-8-5-9(15)6-19-7-12(18-14(8)19)13-10(16)3-2-4-11(13)17/h2-7H,1H3. The smallest absolute Gasteiger partial charge is 0.140 e. The van der Waals surface area contributed by atoms with Crippen LogP contribution in [0, 0.1) is 18.6 Å². The Kier molecular flexibility index (Phi) is 2.86. The van der Waals surface area contributed by atoms with E-state index in [4.69, 9.17) is 0 Å². The third kappa shape index (κ3) is 2.04. The summed E-state index contributed by atoms with van der Waals surface area (Å²) >= 11 is 3.38. The highest BCUT2D eigenvalue weighted by Crippen LogP contribution is 2.27. The van der Waals surface area contributed by atoms with E-state index in [2.05, 4.69) is 20.9 Å². The van der Waals surface area contributed by atoms with Gasteiger partial charge in [0.05, 0.1) is 11.3 Å². The number of benzene rings is 1. The second-order valence-corrected chi connectivity index (χ2v) is 5.21. The monoisotopic (exact) mass is 322 g/mol. The number of hydrogen-bond acceptors (Lipinski definition) is 1. The number of nitrogens with zero attached hydrogens (tertiary/aromatic N) is 2. The molecule has 0 aliphatic heterocycles. The lowest BCUT2D eigenvalue weighted by atomic mass is 10.1. The highest BCUT2D eigenvalue weighted by Gasteiger charge is 2.15. The van der Waals surface area contributed by atoms with E-state index in [0.29, 0.717) is 5.65 Å². The van der Waals surface area contributed by atoms with E-state index in [1.54, 1.807) is 16.8 Å². The number of halogens is 3. The Morgan fingerprint density at radius 2 is 1.84 bits per heavy atom. The van der Waals surface area contributed by atoms with Gasteiger partial charge in [0.25, 0.3) is 0 Å². The van der Waals surface area contributed by atoms with Crippen LogP contribution >= 0.6 is 15.9 Å². The number of pyridine rings is 1. The molecule has 0 fully saturated rings. The Bertz CT molecular complexity index is 760. The first kappa shape index (κ1) is 12.3. The van der Waals surface area contributed by atoms with Gasteiger partial charge in [0.1, 0.15) is 17.3 Å². The highest BCUT2D eigenvalue weighted by atomic mass is 79.9. The molecule has 2 heterocycles.